The topological polar surface area (TPSA) is 89.7 Å². The first kappa shape index (κ1) is 15.0. The molecule has 2 aromatic rings. The van der Waals surface area contributed by atoms with Crippen LogP contribution < -0.4 is 4.74 Å². The third-order valence-electron chi connectivity index (χ3n) is 2.99. The van der Waals surface area contributed by atoms with E-state index in [2.05, 4.69) is 0 Å². The molecular formula is C14H13NO5S. The van der Waals surface area contributed by atoms with Gasteiger partial charge in [0.1, 0.15) is 11.5 Å². The standard InChI is InChI=1S/C14H13NO5S/c1-8-4-3-5-11(15(18)19)13(8)20-7-10-6-12(14(16)17)21-9(10)2/h3-6H,7H2,1-2H3,(H,16,17). The van der Waals surface area contributed by atoms with E-state index in [0.29, 0.717) is 5.56 Å². The molecule has 7 heteroatoms. The van der Waals surface area contributed by atoms with Crippen LogP contribution in [0.2, 0.25) is 0 Å². The van der Waals surface area contributed by atoms with Crippen molar-refractivity contribution >= 4 is 23.0 Å². The van der Waals surface area contributed by atoms with Gasteiger partial charge in [0, 0.05) is 16.5 Å². The average Bonchev–Trinajstić information content (AvgIpc) is 2.78. The van der Waals surface area contributed by atoms with E-state index in [1.54, 1.807) is 26.0 Å². The van der Waals surface area contributed by atoms with Crippen LogP contribution in [0.25, 0.3) is 0 Å². The van der Waals surface area contributed by atoms with E-state index in [0.717, 1.165) is 21.8 Å². The number of para-hydroxylation sites is 1. The monoisotopic (exact) mass is 307 g/mol. The van der Waals surface area contributed by atoms with Gasteiger partial charge in [-0.1, -0.05) is 12.1 Å². The lowest BCUT2D eigenvalue weighted by Gasteiger charge is -2.09. The third kappa shape index (κ3) is 3.19. The van der Waals surface area contributed by atoms with E-state index in [4.69, 9.17) is 9.84 Å². The highest BCUT2D eigenvalue weighted by Gasteiger charge is 2.18. The Morgan fingerprint density at radius 3 is 2.71 bits per heavy atom. The molecule has 21 heavy (non-hydrogen) atoms. The predicted octanol–water partition coefficient (Wildman–Crippen LogP) is 3.55. The normalized spacial score (nSPS) is 10.4. The molecule has 0 fully saturated rings. The van der Waals surface area contributed by atoms with Gasteiger partial charge < -0.3 is 9.84 Å². The second kappa shape index (κ2) is 5.92. The van der Waals surface area contributed by atoms with E-state index in [1.165, 1.54) is 12.1 Å². The summed E-state index contributed by atoms with van der Waals surface area (Å²) >= 11 is 1.16. The van der Waals surface area contributed by atoms with Crippen molar-refractivity contribution in [2.24, 2.45) is 0 Å². The van der Waals surface area contributed by atoms with Crippen LogP contribution in [-0.2, 0) is 6.61 Å². The van der Waals surface area contributed by atoms with Crippen molar-refractivity contribution in [1.82, 2.24) is 0 Å². The van der Waals surface area contributed by atoms with Crippen molar-refractivity contribution in [3.63, 3.8) is 0 Å². The summed E-state index contributed by atoms with van der Waals surface area (Å²) < 4.78 is 5.56. The Hall–Kier alpha value is -2.41. The number of nitro benzene ring substituents is 1. The minimum Gasteiger partial charge on any atom is -0.482 e. The van der Waals surface area contributed by atoms with Gasteiger partial charge in [-0.15, -0.1) is 11.3 Å². The average molecular weight is 307 g/mol. The number of thiophene rings is 1. The van der Waals surface area contributed by atoms with Crippen LogP contribution in [0.15, 0.2) is 24.3 Å². The Labute approximate surface area is 124 Å². The van der Waals surface area contributed by atoms with Crippen LogP contribution >= 0.6 is 11.3 Å². The SMILES string of the molecule is Cc1cccc([N+](=O)[O-])c1OCc1cc(C(=O)O)sc1C. The highest BCUT2D eigenvalue weighted by molar-refractivity contribution is 7.14. The van der Waals surface area contributed by atoms with Gasteiger partial charge in [0.2, 0.25) is 0 Å². The quantitative estimate of drug-likeness (QED) is 0.674. The summed E-state index contributed by atoms with van der Waals surface area (Å²) in [6.07, 6.45) is 0. The number of aryl methyl sites for hydroxylation is 2. The molecule has 0 saturated heterocycles. The van der Waals surface area contributed by atoms with Crippen molar-refractivity contribution in [3.05, 3.63) is 55.3 Å². The molecule has 6 nitrogen and oxygen atoms in total. The molecule has 0 unspecified atom stereocenters. The molecule has 1 aromatic heterocycles. The van der Waals surface area contributed by atoms with Crippen molar-refractivity contribution < 1.29 is 19.6 Å². The van der Waals surface area contributed by atoms with Gasteiger partial charge in [0.05, 0.1) is 4.92 Å². The van der Waals surface area contributed by atoms with E-state index in [-0.39, 0.29) is 22.9 Å². The first-order valence-electron chi connectivity index (χ1n) is 6.09. The molecule has 1 N–H and O–H groups in total. The molecule has 0 aliphatic carbocycles. The highest BCUT2D eigenvalue weighted by Crippen LogP contribution is 2.32. The number of carbonyl (C=O) groups is 1. The van der Waals surface area contributed by atoms with E-state index >= 15 is 0 Å². The Morgan fingerprint density at radius 2 is 2.14 bits per heavy atom. The Balaban J connectivity index is 2.24. The third-order valence-corrected chi connectivity index (χ3v) is 4.07. The van der Waals surface area contributed by atoms with Gasteiger partial charge in [-0.25, -0.2) is 4.79 Å². The maximum Gasteiger partial charge on any atom is 0.345 e. The van der Waals surface area contributed by atoms with E-state index < -0.39 is 10.9 Å². The molecular weight excluding hydrogens is 294 g/mol. The van der Waals surface area contributed by atoms with Gasteiger partial charge in [-0.3, -0.25) is 10.1 Å². The minimum atomic E-state index is -0.990. The van der Waals surface area contributed by atoms with Crippen LogP contribution in [0.1, 0.15) is 25.7 Å². The van der Waals surface area contributed by atoms with Crippen LogP contribution in [0.4, 0.5) is 5.69 Å². The number of aromatic carboxylic acids is 1. The van der Waals surface area contributed by atoms with Crippen LogP contribution in [-0.4, -0.2) is 16.0 Å². The number of hydrogen-bond acceptors (Lipinski definition) is 5. The van der Waals surface area contributed by atoms with Crippen molar-refractivity contribution in [2.75, 3.05) is 0 Å². The minimum absolute atomic E-state index is 0.0960. The lowest BCUT2D eigenvalue weighted by Crippen LogP contribution is -2.01. The number of carboxylic acid groups (broad SMARTS) is 1. The van der Waals surface area contributed by atoms with E-state index in [1.807, 2.05) is 0 Å². The van der Waals surface area contributed by atoms with E-state index in [9.17, 15) is 14.9 Å². The van der Waals surface area contributed by atoms with Crippen LogP contribution in [0.5, 0.6) is 5.75 Å². The lowest BCUT2D eigenvalue weighted by atomic mass is 10.2. The number of hydrogen-bond donors (Lipinski definition) is 1. The molecule has 0 radical (unpaired) electrons. The molecule has 0 spiro atoms. The Kier molecular flexibility index (Phi) is 4.23. The number of nitrogens with zero attached hydrogens (tertiary/aromatic N) is 1. The summed E-state index contributed by atoms with van der Waals surface area (Å²) in [4.78, 5) is 22.5. The number of benzene rings is 1. The molecule has 0 amide bonds. The molecule has 0 aliphatic rings. The molecule has 1 aromatic carbocycles. The summed E-state index contributed by atoms with van der Waals surface area (Å²) in [5.41, 5.74) is 1.28. The zero-order valence-corrected chi connectivity index (χ0v) is 12.3. The second-order valence-corrected chi connectivity index (χ2v) is 5.72. The van der Waals surface area contributed by atoms with Gasteiger partial charge in [-0.2, -0.15) is 0 Å². The molecule has 0 atom stereocenters. The first-order valence-corrected chi connectivity index (χ1v) is 6.91. The molecule has 0 aliphatic heterocycles. The first-order chi connectivity index (χ1) is 9.90. The fourth-order valence-corrected chi connectivity index (χ4v) is 2.75. The Bertz CT molecular complexity index is 707. The number of carboxylic acids is 1. The highest BCUT2D eigenvalue weighted by atomic mass is 32.1. The molecule has 0 bridgehead atoms. The second-order valence-electron chi connectivity index (χ2n) is 4.47. The molecule has 1 heterocycles. The molecule has 0 saturated carbocycles. The van der Waals surface area contributed by atoms with Gasteiger partial charge >= 0.3 is 11.7 Å². The van der Waals surface area contributed by atoms with Crippen LogP contribution in [0.3, 0.4) is 0 Å². The summed E-state index contributed by atoms with van der Waals surface area (Å²) in [5.74, 6) is -0.777. The van der Waals surface area contributed by atoms with Gasteiger partial charge in [-0.05, 0) is 25.5 Å². The number of nitro groups is 1. The Morgan fingerprint density at radius 1 is 1.43 bits per heavy atom. The maximum absolute atomic E-state index is 11.0. The summed E-state index contributed by atoms with van der Waals surface area (Å²) in [6, 6.07) is 6.24. The summed E-state index contributed by atoms with van der Waals surface area (Å²) in [6.45, 7) is 3.62. The molecule has 2 rings (SSSR count). The summed E-state index contributed by atoms with van der Waals surface area (Å²) in [7, 11) is 0. The maximum atomic E-state index is 11.0. The van der Waals surface area contributed by atoms with Crippen molar-refractivity contribution in [1.29, 1.82) is 0 Å². The van der Waals surface area contributed by atoms with Gasteiger partial charge in [0.15, 0.2) is 5.75 Å². The number of ether oxygens (including phenoxy) is 1. The fourth-order valence-electron chi connectivity index (χ4n) is 1.89. The fraction of sp³-hybridized carbons (Fsp3) is 0.214. The largest absolute Gasteiger partial charge is 0.482 e. The predicted molar refractivity (Wildman–Crippen MR) is 78.2 cm³/mol. The number of rotatable bonds is 5. The van der Waals surface area contributed by atoms with Crippen molar-refractivity contribution in [2.45, 2.75) is 20.5 Å². The molecule has 110 valence electrons. The van der Waals surface area contributed by atoms with Gasteiger partial charge in [0.25, 0.3) is 0 Å². The van der Waals surface area contributed by atoms with Crippen molar-refractivity contribution in [3.8, 4) is 5.75 Å². The van der Waals surface area contributed by atoms with Crippen LogP contribution in [0, 0.1) is 24.0 Å². The zero-order chi connectivity index (χ0) is 15.6. The zero-order valence-electron chi connectivity index (χ0n) is 11.5. The lowest BCUT2D eigenvalue weighted by molar-refractivity contribution is -0.386. The smallest absolute Gasteiger partial charge is 0.345 e. The summed E-state index contributed by atoms with van der Waals surface area (Å²) in [5, 5.41) is 19.9.